The molecule has 1 saturated heterocycles. The number of hydrogen-bond donors (Lipinski definition) is 1. The van der Waals surface area contributed by atoms with Gasteiger partial charge in [-0.15, -0.1) is 22.7 Å². The number of benzene rings is 1. The van der Waals surface area contributed by atoms with Crippen molar-refractivity contribution in [2.24, 2.45) is 0 Å². The third-order valence-electron chi connectivity index (χ3n) is 4.62. The molecule has 0 radical (unpaired) electrons. The number of rotatable bonds is 4. The zero-order valence-corrected chi connectivity index (χ0v) is 16.5. The van der Waals surface area contributed by atoms with Gasteiger partial charge in [0.2, 0.25) is 5.91 Å². The van der Waals surface area contributed by atoms with Gasteiger partial charge in [-0.2, -0.15) is 0 Å². The molecule has 1 aromatic carbocycles. The molecule has 3 heterocycles. The van der Waals surface area contributed by atoms with Crippen molar-refractivity contribution in [3.05, 3.63) is 57.6 Å². The lowest BCUT2D eigenvalue weighted by atomic mass is 10.1. The fourth-order valence-electron chi connectivity index (χ4n) is 3.33. The van der Waals surface area contributed by atoms with E-state index in [1.54, 1.807) is 11.0 Å². The molecule has 5 nitrogen and oxygen atoms in total. The molecule has 3 aromatic rings. The molecule has 1 fully saturated rings. The molecule has 1 atom stereocenters. The lowest BCUT2D eigenvalue weighted by Crippen LogP contribution is -2.42. The number of anilines is 1. The maximum atomic E-state index is 12.8. The molecule has 0 saturated carbocycles. The van der Waals surface area contributed by atoms with Gasteiger partial charge in [0, 0.05) is 17.0 Å². The SMILES string of the molecule is Cc1sc(NC(=O)[C@@H]2CCCN2C(=O)c2cccs2)nc1-c1ccccc1. The van der Waals surface area contributed by atoms with Crippen LogP contribution in [0.3, 0.4) is 0 Å². The Labute approximate surface area is 165 Å². The third kappa shape index (κ3) is 3.65. The molecule has 0 aliphatic carbocycles. The number of hydrogen-bond acceptors (Lipinski definition) is 5. The number of aromatic nitrogens is 1. The van der Waals surface area contributed by atoms with Crippen LogP contribution in [0.25, 0.3) is 11.3 Å². The molecule has 2 amide bonds. The molecule has 7 heteroatoms. The number of thiazole rings is 1. The minimum absolute atomic E-state index is 0.0667. The van der Waals surface area contributed by atoms with E-state index in [1.165, 1.54) is 22.7 Å². The largest absolute Gasteiger partial charge is 0.326 e. The van der Waals surface area contributed by atoms with Gasteiger partial charge in [0.15, 0.2) is 5.13 Å². The van der Waals surface area contributed by atoms with E-state index in [4.69, 9.17) is 0 Å². The van der Waals surface area contributed by atoms with Crippen molar-refractivity contribution in [2.45, 2.75) is 25.8 Å². The second-order valence-corrected chi connectivity index (χ2v) is 8.56. The van der Waals surface area contributed by atoms with E-state index < -0.39 is 6.04 Å². The zero-order valence-electron chi connectivity index (χ0n) is 14.8. The van der Waals surface area contributed by atoms with Gasteiger partial charge in [-0.3, -0.25) is 9.59 Å². The van der Waals surface area contributed by atoms with E-state index in [2.05, 4.69) is 10.3 Å². The smallest absolute Gasteiger partial charge is 0.264 e. The highest BCUT2D eigenvalue weighted by molar-refractivity contribution is 7.16. The predicted octanol–water partition coefficient (Wildman–Crippen LogP) is 4.42. The summed E-state index contributed by atoms with van der Waals surface area (Å²) in [6, 6.07) is 13.1. The molecule has 1 aliphatic heterocycles. The van der Waals surface area contributed by atoms with Crippen LogP contribution in [0.1, 0.15) is 27.4 Å². The fourth-order valence-corrected chi connectivity index (χ4v) is 4.84. The normalized spacial score (nSPS) is 16.5. The van der Waals surface area contributed by atoms with Crippen LogP contribution in [0, 0.1) is 6.92 Å². The van der Waals surface area contributed by atoms with Gasteiger partial charge < -0.3 is 10.2 Å². The van der Waals surface area contributed by atoms with Crippen LogP contribution >= 0.6 is 22.7 Å². The Balaban J connectivity index is 1.50. The van der Waals surface area contributed by atoms with Crippen molar-refractivity contribution in [3.63, 3.8) is 0 Å². The van der Waals surface area contributed by atoms with Crippen LogP contribution in [0.4, 0.5) is 5.13 Å². The summed E-state index contributed by atoms with van der Waals surface area (Å²) in [5.41, 5.74) is 1.91. The Kier molecular flexibility index (Phi) is 5.05. The number of carbonyl (C=O) groups excluding carboxylic acids is 2. The van der Waals surface area contributed by atoms with Crippen molar-refractivity contribution in [2.75, 3.05) is 11.9 Å². The maximum absolute atomic E-state index is 12.8. The first kappa shape index (κ1) is 17.9. The van der Waals surface area contributed by atoms with Gasteiger partial charge in [0.25, 0.3) is 5.91 Å². The maximum Gasteiger partial charge on any atom is 0.264 e. The lowest BCUT2D eigenvalue weighted by molar-refractivity contribution is -0.119. The van der Waals surface area contributed by atoms with E-state index in [0.717, 1.165) is 22.6 Å². The molecule has 1 aliphatic rings. The summed E-state index contributed by atoms with van der Waals surface area (Å²) >= 11 is 2.86. The molecule has 138 valence electrons. The summed E-state index contributed by atoms with van der Waals surface area (Å²) in [7, 11) is 0. The zero-order chi connectivity index (χ0) is 18.8. The van der Waals surface area contributed by atoms with E-state index in [-0.39, 0.29) is 11.8 Å². The Bertz CT molecular complexity index is 951. The summed E-state index contributed by atoms with van der Waals surface area (Å²) in [5, 5.41) is 5.38. The Morgan fingerprint density at radius 1 is 1.19 bits per heavy atom. The van der Waals surface area contributed by atoms with Crippen molar-refractivity contribution < 1.29 is 9.59 Å². The van der Waals surface area contributed by atoms with Crippen LogP contribution in [0.15, 0.2) is 47.8 Å². The molecular weight excluding hydrogens is 378 g/mol. The summed E-state index contributed by atoms with van der Waals surface area (Å²) < 4.78 is 0. The highest BCUT2D eigenvalue weighted by Crippen LogP contribution is 2.31. The fraction of sp³-hybridized carbons (Fsp3) is 0.250. The summed E-state index contributed by atoms with van der Waals surface area (Å²) in [6.07, 6.45) is 1.51. The first-order chi connectivity index (χ1) is 13.1. The molecular formula is C20H19N3O2S2. The molecule has 4 rings (SSSR count). The predicted molar refractivity (Wildman–Crippen MR) is 109 cm³/mol. The van der Waals surface area contributed by atoms with Crippen LogP contribution < -0.4 is 5.32 Å². The minimum Gasteiger partial charge on any atom is -0.326 e. The van der Waals surface area contributed by atoms with Crippen LogP contribution in [0.2, 0.25) is 0 Å². The second-order valence-electron chi connectivity index (χ2n) is 6.41. The van der Waals surface area contributed by atoms with E-state index in [9.17, 15) is 9.59 Å². The van der Waals surface area contributed by atoms with E-state index >= 15 is 0 Å². The Morgan fingerprint density at radius 2 is 2.00 bits per heavy atom. The Hall–Kier alpha value is -2.51. The van der Waals surface area contributed by atoms with Crippen LogP contribution in [-0.4, -0.2) is 34.3 Å². The van der Waals surface area contributed by atoms with Gasteiger partial charge in [0.05, 0.1) is 10.6 Å². The lowest BCUT2D eigenvalue weighted by Gasteiger charge is -2.22. The van der Waals surface area contributed by atoms with Crippen molar-refractivity contribution in [3.8, 4) is 11.3 Å². The van der Waals surface area contributed by atoms with E-state index in [0.29, 0.717) is 23.0 Å². The quantitative estimate of drug-likeness (QED) is 0.709. The highest BCUT2D eigenvalue weighted by Gasteiger charge is 2.35. The number of nitrogens with one attached hydrogen (secondary N) is 1. The summed E-state index contributed by atoms with van der Waals surface area (Å²) in [6.45, 7) is 2.61. The number of amides is 2. The standard InChI is InChI=1S/C20H19N3O2S2/c1-13-17(14-7-3-2-4-8-14)21-20(27-13)22-18(24)15-9-5-11-23(15)19(25)16-10-6-12-26-16/h2-4,6-8,10,12,15H,5,9,11H2,1H3,(H,21,22,24)/t15-/m0/s1. The average molecular weight is 398 g/mol. The number of nitrogens with zero attached hydrogens (tertiary/aromatic N) is 2. The minimum atomic E-state index is -0.441. The summed E-state index contributed by atoms with van der Waals surface area (Å²) in [4.78, 5) is 33.5. The van der Waals surface area contributed by atoms with Gasteiger partial charge >= 0.3 is 0 Å². The Morgan fingerprint density at radius 3 is 2.74 bits per heavy atom. The van der Waals surface area contributed by atoms with Crippen molar-refractivity contribution in [1.29, 1.82) is 0 Å². The third-order valence-corrected chi connectivity index (χ3v) is 6.37. The number of thiophene rings is 1. The monoisotopic (exact) mass is 397 g/mol. The molecule has 0 unspecified atom stereocenters. The van der Waals surface area contributed by atoms with Crippen LogP contribution in [-0.2, 0) is 4.79 Å². The molecule has 0 spiro atoms. The molecule has 1 N–H and O–H groups in total. The van der Waals surface area contributed by atoms with E-state index in [1.807, 2.05) is 48.7 Å². The number of aryl methyl sites for hydroxylation is 1. The average Bonchev–Trinajstić information content (AvgIpc) is 3.43. The number of likely N-dealkylation sites (tertiary alicyclic amines) is 1. The highest BCUT2D eigenvalue weighted by atomic mass is 32.1. The van der Waals surface area contributed by atoms with Crippen LogP contribution in [0.5, 0.6) is 0 Å². The number of carbonyl (C=O) groups is 2. The molecule has 0 bridgehead atoms. The van der Waals surface area contributed by atoms with Crippen molar-refractivity contribution in [1.82, 2.24) is 9.88 Å². The second kappa shape index (κ2) is 7.62. The van der Waals surface area contributed by atoms with Gasteiger partial charge in [-0.1, -0.05) is 36.4 Å². The van der Waals surface area contributed by atoms with Gasteiger partial charge in [-0.05, 0) is 31.2 Å². The first-order valence-corrected chi connectivity index (χ1v) is 10.5. The van der Waals surface area contributed by atoms with Gasteiger partial charge in [0.1, 0.15) is 6.04 Å². The molecule has 2 aromatic heterocycles. The topological polar surface area (TPSA) is 62.3 Å². The van der Waals surface area contributed by atoms with Gasteiger partial charge in [-0.25, -0.2) is 4.98 Å². The molecule has 27 heavy (non-hydrogen) atoms. The first-order valence-electron chi connectivity index (χ1n) is 8.81. The van der Waals surface area contributed by atoms with Crippen molar-refractivity contribution >= 4 is 39.6 Å². The summed E-state index contributed by atoms with van der Waals surface area (Å²) in [5.74, 6) is -0.228.